The number of nitrogens with zero attached hydrogens (tertiary/aromatic N) is 3. The summed E-state index contributed by atoms with van der Waals surface area (Å²) in [5.41, 5.74) is 3.33. The Morgan fingerprint density at radius 1 is 1.20 bits per heavy atom. The van der Waals surface area contributed by atoms with Gasteiger partial charge in [-0.1, -0.05) is 26.0 Å². The largest absolute Gasteiger partial charge is 0.421 e. The number of anilines is 5. The maximum Gasteiger partial charge on any atom is 0.421 e. The Hall–Kier alpha value is -3.86. The number of fused-ring (bicyclic) bond motifs is 3. The van der Waals surface area contributed by atoms with E-state index >= 15 is 0 Å². The van der Waals surface area contributed by atoms with Gasteiger partial charge in [0.2, 0.25) is 11.9 Å². The molecule has 2 unspecified atom stereocenters. The summed E-state index contributed by atoms with van der Waals surface area (Å²) < 4.78 is 41.8. The fraction of sp³-hybridized carbons (Fsp3) is 0.433. The number of benzene rings is 2. The number of carbonyl (C=O) groups excluding carboxylic acids is 1. The molecule has 3 aliphatic rings. The Balaban J connectivity index is 1.28. The number of aromatic nitrogens is 2. The monoisotopic (exact) mass is 565 g/mol. The number of alkyl halides is 3. The molecule has 2 aromatic carbocycles. The van der Waals surface area contributed by atoms with Crippen LogP contribution in [-0.2, 0) is 22.9 Å². The fourth-order valence-corrected chi connectivity index (χ4v) is 6.26. The number of halogens is 3. The third kappa shape index (κ3) is 4.96. The molecule has 2 bridgehead atoms. The Bertz CT molecular complexity index is 1500. The first-order valence-electron chi connectivity index (χ1n) is 13.9. The second kappa shape index (κ2) is 9.90. The van der Waals surface area contributed by atoms with E-state index in [1.807, 2.05) is 12.1 Å². The maximum absolute atomic E-state index is 13.9. The molecule has 1 amide bonds. The quantitative estimate of drug-likeness (QED) is 0.290. The first-order valence-corrected chi connectivity index (χ1v) is 13.9. The van der Waals surface area contributed by atoms with Crippen molar-refractivity contribution < 1.29 is 18.0 Å². The molecule has 2 fully saturated rings. The molecule has 4 heterocycles. The molecule has 2 saturated heterocycles. The Kier molecular flexibility index (Phi) is 6.60. The van der Waals surface area contributed by atoms with E-state index in [0.29, 0.717) is 17.8 Å². The normalized spacial score (nSPS) is 20.9. The zero-order chi connectivity index (χ0) is 29.1. The molecule has 6 rings (SSSR count). The summed E-state index contributed by atoms with van der Waals surface area (Å²) in [5, 5.41) is 12.4. The molecule has 41 heavy (non-hydrogen) atoms. The van der Waals surface area contributed by atoms with Crippen molar-refractivity contribution in [1.82, 2.24) is 15.3 Å². The molecule has 216 valence electrons. The van der Waals surface area contributed by atoms with Crippen LogP contribution in [0.25, 0.3) is 0 Å². The number of carbonyl (C=O) groups is 1. The summed E-state index contributed by atoms with van der Waals surface area (Å²) in [6, 6.07) is 12.5. The zero-order valence-corrected chi connectivity index (χ0v) is 23.5. The van der Waals surface area contributed by atoms with Crippen LogP contribution in [0.2, 0.25) is 0 Å². The van der Waals surface area contributed by atoms with Crippen LogP contribution in [-0.4, -0.2) is 41.0 Å². The van der Waals surface area contributed by atoms with Gasteiger partial charge in [0.05, 0.1) is 5.41 Å². The molecule has 1 aromatic heterocycles. The lowest BCUT2D eigenvalue weighted by atomic mass is 9.83. The van der Waals surface area contributed by atoms with Crippen molar-refractivity contribution in [3.8, 4) is 0 Å². The van der Waals surface area contributed by atoms with Gasteiger partial charge in [-0.15, -0.1) is 0 Å². The topological polar surface area (TPSA) is 94.2 Å². The molecule has 0 aliphatic carbocycles. The van der Waals surface area contributed by atoms with E-state index in [2.05, 4.69) is 56.0 Å². The highest BCUT2D eigenvalue weighted by atomic mass is 19.4. The Morgan fingerprint density at radius 3 is 2.68 bits per heavy atom. The van der Waals surface area contributed by atoms with Crippen LogP contribution in [0.15, 0.2) is 42.6 Å². The summed E-state index contributed by atoms with van der Waals surface area (Å²) in [6.45, 7) is 9.78. The number of nitrogens with one attached hydrogen (secondary N) is 4. The molecule has 0 saturated carbocycles. The molecule has 3 aromatic rings. The first-order chi connectivity index (χ1) is 19.4. The molecule has 0 spiro atoms. The van der Waals surface area contributed by atoms with Crippen molar-refractivity contribution in [2.45, 2.75) is 70.3 Å². The van der Waals surface area contributed by atoms with E-state index < -0.39 is 17.2 Å². The minimum atomic E-state index is -4.65. The molecule has 4 N–H and O–H groups in total. The van der Waals surface area contributed by atoms with Gasteiger partial charge in [-0.25, -0.2) is 4.98 Å². The number of piperazine rings is 1. The average molecular weight is 566 g/mol. The Morgan fingerprint density at radius 2 is 2.00 bits per heavy atom. The highest BCUT2D eigenvalue weighted by Crippen LogP contribution is 2.41. The summed E-state index contributed by atoms with van der Waals surface area (Å²) in [5.74, 6) is -0.242. The number of rotatable bonds is 7. The first kappa shape index (κ1) is 27.3. The molecule has 11 heteroatoms. The number of hydrogen-bond donors (Lipinski definition) is 4. The molecular weight excluding hydrogens is 531 g/mol. The van der Waals surface area contributed by atoms with Crippen LogP contribution in [0.1, 0.15) is 62.3 Å². The van der Waals surface area contributed by atoms with Crippen LogP contribution < -0.4 is 26.2 Å². The van der Waals surface area contributed by atoms with E-state index in [9.17, 15) is 18.0 Å². The molecule has 3 aliphatic heterocycles. The highest BCUT2D eigenvalue weighted by molar-refractivity contribution is 6.06. The van der Waals surface area contributed by atoms with E-state index in [-0.39, 0.29) is 30.1 Å². The van der Waals surface area contributed by atoms with Gasteiger partial charge in [0.1, 0.15) is 11.4 Å². The van der Waals surface area contributed by atoms with Gasteiger partial charge in [0.25, 0.3) is 0 Å². The Labute approximate surface area is 237 Å². The van der Waals surface area contributed by atoms with Gasteiger partial charge in [-0.3, -0.25) is 4.79 Å². The number of amides is 1. The van der Waals surface area contributed by atoms with Crippen LogP contribution in [0, 0.1) is 0 Å². The number of hydrogen-bond acceptors (Lipinski definition) is 7. The van der Waals surface area contributed by atoms with Gasteiger partial charge in [-0.05, 0) is 67.1 Å². The van der Waals surface area contributed by atoms with Crippen LogP contribution >= 0.6 is 0 Å². The third-order valence-corrected chi connectivity index (χ3v) is 8.42. The summed E-state index contributed by atoms with van der Waals surface area (Å²) in [7, 11) is 0. The highest BCUT2D eigenvalue weighted by Gasteiger charge is 2.41. The minimum Gasteiger partial charge on any atom is -0.366 e. The molecule has 0 radical (unpaired) electrons. The van der Waals surface area contributed by atoms with Crippen LogP contribution in [0.3, 0.4) is 0 Å². The predicted molar refractivity (Wildman–Crippen MR) is 154 cm³/mol. The lowest BCUT2D eigenvalue weighted by molar-refractivity contribution is -0.137. The lowest BCUT2D eigenvalue weighted by Crippen LogP contribution is -2.43. The van der Waals surface area contributed by atoms with Crippen LogP contribution in [0.5, 0.6) is 0 Å². The standard InChI is InChI=1S/C30H34F3N7O/c1-16(2)21-11-19(40-15-18-10-20(40)13-34-18)8-9-23(21)38-28-36-14-22(30(31,32)33)26(39-28)35-12-17-6-5-7-24-25(17)29(3,4)27(41)37-24/h5-9,11,14,16,18,20,34H,10,12-13,15H2,1-4H3,(H,37,41)(H2,35,36,38,39). The minimum absolute atomic E-state index is 0.0554. The van der Waals surface area contributed by atoms with Crippen molar-refractivity contribution in [1.29, 1.82) is 0 Å². The van der Waals surface area contributed by atoms with Crippen molar-refractivity contribution in [2.24, 2.45) is 0 Å². The van der Waals surface area contributed by atoms with E-state index in [1.54, 1.807) is 32.0 Å². The summed E-state index contributed by atoms with van der Waals surface area (Å²) in [6.07, 6.45) is -2.70. The fourth-order valence-electron chi connectivity index (χ4n) is 6.26. The summed E-state index contributed by atoms with van der Waals surface area (Å²) >= 11 is 0. The van der Waals surface area contributed by atoms with Gasteiger partial charge in [0, 0.05) is 55.0 Å². The SMILES string of the molecule is CC(C)c1cc(N2CC3CC2CN3)ccc1Nc1ncc(C(F)(F)F)c(NCc2cccc3c2C(C)(C)C(=O)N3)n1. The molecule has 8 nitrogen and oxygen atoms in total. The van der Waals surface area contributed by atoms with Crippen molar-refractivity contribution >= 4 is 34.7 Å². The van der Waals surface area contributed by atoms with Gasteiger partial charge in [0.15, 0.2) is 0 Å². The average Bonchev–Trinajstić information content (AvgIpc) is 3.61. The molecule has 2 atom stereocenters. The van der Waals surface area contributed by atoms with Crippen molar-refractivity contribution in [3.05, 3.63) is 64.8 Å². The van der Waals surface area contributed by atoms with E-state index in [1.165, 1.54) is 0 Å². The second-order valence-electron chi connectivity index (χ2n) is 11.9. The lowest BCUT2D eigenvalue weighted by Gasteiger charge is -2.30. The maximum atomic E-state index is 13.9. The van der Waals surface area contributed by atoms with Crippen molar-refractivity contribution in [2.75, 3.05) is 33.9 Å². The second-order valence-corrected chi connectivity index (χ2v) is 11.9. The zero-order valence-electron chi connectivity index (χ0n) is 23.5. The predicted octanol–water partition coefficient (Wildman–Crippen LogP) is 5.75. The third-order valence-electron chi connectivity index (χ3n) is 8.42. The summed E-state index contributed by atoms with van der Waals surface area (Å²) in [4.78, 5) is 23.2. The van der Waals surface area contributed by atoms with Gasteiger partial charge < -0.3 is 26.2 Å². The van der Waals surface area contributed by atoms with Crippen molar-refractivity contribution in [3.63, 3.8) is 0 Å². The van der Waals surface area contributed by atoms with E-state index in [0.717, 1.165) is 53.8 Å². The van der Waals surface area contributed by atoms with Gasteiger partial charge in [-0.2, -0.15) is 18.2 Å². The molecular formula is C30H34F3N7O. The van der Waals surface area contributed by atoms with Crippen LogP contribution in [0.4, 0.5) is 42.0 Å². The van der Waals surface area contributed by atoms with Gasteiger partial charge >= 0.3 is 6.18 Å². The smallest absolute Gasteiger partial charge is 0.366 e. The van der Waals surface area contributed by atoms with E-state index in [4.69, 9.17) is 0 Å².